The van der Waals surface area contributed by atoms with Crippen LogP contribution < -0.4 is 9.47 Å². The Hall–Kier alpha value is -1.97. The highest BCUT2D eigenvalue weighted by molar-refractivity contribution is 5.90. The zero-order valence-corrected chi connectivity index (χ0v) is 10.4. The van der Waals surface area contributed by atoms with Crippen molar-refractivity contribution in [3.63, 3.8) is 0 Å². The van der Waals surface area contributed by atoms with Crippen LogP contribution in [0.1, 0.15) is 18.1 Å². The third kappa shape index (κ3) is 2.78. The largest absolute Gasteiger partial charge is 0.496 e. The molecule has 1 N–H and O–H groups in total. The average molecular weight is 236 g/mol. The van der Waals surface area contributed by atoms with Crippen molar-refractivity contribution in [3.8, 4) is 11.5 Å². The normalized spacial score (nSPS) is 11.2. The molecule has 0 aliphatic rings. The molecule has 17 heavy (non-hydrogen) atoms. The molecular weight excluding hydrogens is 220 g/mol. The number of hydrogen-bond donors (Lipinski definition) is 1. The van der Waals surface area contributed by atoms with Crippen molar-refractivity contribution in [1.29, 1.82) is 0 Å². The van der Waals surface area contributed by atoms with Gasteiger partial charge in [-0.2, -0.15) is 0 Å². The second kappa shape index (κ2) is 5.39. The zero-order chi connectivity index (χ0) is 13.0. The van der Waals surface area contributed by atoms with Gasteiger partial charge in [0.25, 0.3) is 0 Å². The van der Waals surface area contributed by atoms with E-state index in [1.54, 1.807) is 33.3 Å². The molecule has 1 aromatic rings. The Bertz CT molecular complexity index is 461. The fourth-order valence-electron chi connectivity index (χ4n) is 1.73. The van der Waals surface area contributed by atoms with Gasteiger partial charge in [-0.05, 0) is 31.6 Å². The van der Waals surface area contributed by atoms with Gasteiger partial charge in [-0.15, -0.1) is 0 Å². The number of methoxy groups -OCH3 is 2. The molecule has 0 atom stereocenters. The highest BCUT2D eigenvalue weighted by Gasteiger charge is 2.12. The standard InChI is InChI=1S/C13H16O4/c1-8(7-12(14)15)10-5-6-11(16-3)9(2)13(10)17-4/h5-7H,1-4H3,(H,14,15)/b8-7+. The first-order valence-corrected chi connectivity index (χ1v) is 5.14. The summed E-state index contributed by atoms with van der Waals surface area (Å²) in [6.07, 6.45) is 1.16. The predicted octanol–water partition coefficient (Wildman–Crippen LogP) is 2.50. The summed E-state index contributed by atoms with van der Waals surface area (Å²) in [6.45, 7) is 3.60. The number of allylic oxidation sites excluding steroid dienone is 1. The molecule has 0 radical (unpaired) electrons. The molecule has 0 saturated heterocycles. The van der Waals surface area contributed by atoms with Crippen molar-refractivity contribution in [2.24, 2.45) is 0 Å². The quantitative estimate of drug-likeness (QED) is 0.816. The predicted molar refractivity (Wildman–Crippen MR) is 65.6 cm³/mol. The first-order chi connectivity index (χ1) is 8.01. The fourth-order valence-corrected chi connectivity index (χ4v) is 1.73. The van der Waals surface area contributed by atoms with E-state index in [0.717, 1.165) is 17.2 Å². The summed E-state index contributed by atoms with van der Waals surface area (Å²) < 4.78 is 10.5. The molecule has 0 heterocycles. The van der Waals surface area contributed by atoms with E-state index >= 15 is 0 Å². The van der Waals surface area contributed by atoms with Crippen LogP contribution in [-0.2, 0) is 4.79 Å². The van der Waals surface area contributed by atoms with Gasteiger partial charge in [-0.3, -0.25) is 0 Å². The molecule has 1 rings (SSSR count). The van der Waals surface area contributed by atoms with Crippen LogP contribution in [0.2, 0.25) is 0 Å². The Morgan fingerprint density at radius 3 is 2.41 bits per heavy atom. The summed E-state index contributed by atoms with van der Waals surface area (Å²) in [7, 11) is 3.14. The van der Waals surface area contributed by atoms with E-state index in [-0.39, 0.29) is 0 Å². The summed E-state index contributed by atoms with van der Waals surface area (Å²) in [5.74, 6) is 0.381. The summed E-state index contributed by atoms with van der Waals surface area (Å²) >= 11 is 0. The number of benzene rings is 1. The number of rotatable bonds is 4. The first-order valence-electron chi connectivity index (χ1n) is 5.14. The van der Waals surface area contributed by atoms with Gasteiger partial charge in [0, 0.05) is 17.2 Å². The molecule has 0 fully saturated rings. The van der Waals surface area contributed by atoms with Crippen LogP contribution in [0.15, 0.2) is 18.2 Å². The Balaban J connectivity index is 3.35. The maximum absolute atomic E-state index is 10.6. The summed E-state index contributed by atoms with van der Waals surface area (Å²) in [5.41, 5.74) is 2.25. The molecule has 0 aliphatic heterocycles. The van der Waals surface area contributed by atoms with E-state index in [4.69, 9.17) is 14.6 Å². The van der Waals surface area contributed by atoms with Crippen molar-refractivity contribution in [2.45, 2.75) is 13.8 Å². The lowest BCUT2D eigenvalue weighted by Gasteiger charge is -2.14. The molecular formula is C13H16O4. The van der Waals surface area contributed by atoms with Crippen LogP contribution in [0.5, 0.6) is 11.5 Å². The SMILES string of the molecule is COc1ccc(/C(C)=C/C(=O)O)c(OC)c1C. The van der Waals surface area contributed by atoms with E-state index in [1.165, 1.54) is 0 Å². The maximum atomic E-state index is 10.6. The van der Waals surface area contributed by atoms with Crippen LogP contribution in [0.4, 0.5) is 0 Å². The van der Waals surface area contributed by atoms with Gasteiger partial charge in [0.1, 0.15) is 11.5 Å². The highest BCUT2D eigenvalue weighted by Crippen LogP contribution is 2.34. The van der Waals surface area contributed by atoms with Crippen LogP contribution in [-0.4, -0.2) is 25.3 Å². The average Bonchev–Trinajstić information content (AvgIpc) is 2.27. The van der Waals surface area contributed by atoms with Crippen LogP contribution in [0.3, 0.4) is 0 Å². The van der Waals surface area contributed by atoms with Gasteiger partial charge in [-0.25, -0.2) is 4.79 Å². The van der Waals surface area contributed by atoms with Crippen LogP contribution >= 0.6 is 0 Å². The minimum absolute atomic E-state index is 0.638. The number of aliphatic carboxylic acids is 1. The van der Waals surface area contributed by atoms with Crippen molar-refractivity contribution >= 4 is 11.5 Å². The molecule has 0 unspecified atom stereocenters. The number of hydrogen-bond acceptors (Lipinski definition) is 3. The summed E-state index contributed by atoms with van der Waals surface area (Å²) in [4.78, 5) is 10.6. The third-order valence-corrected chi connectivity index (χ3v) is 2.55. The Kier molecular flexibility index (Phi) is 4.15. The molecule has 1 aromatic carbocycles. The number of carboxylic acid groups (broad SMARTS) is 1. The second-order valence-corrected chi connectivity index (χ2v) is 3.64. The Labute approximate surface area is 100 Å². The summed E-state index contributed by atoms with van der Waals surface area (Å²) in [6, 6.07) is 3.59. The van der Waals surface area contributed by atoms with Crippen LogP contribution in [0.25, 0.3) is 5.57 Å². The number of carbonyl (C=O) groups is 1. The smallest absolute Gasteiger partial charge is 0.328 e. The maximum Gasteiger partial charge on any atom is 0.328 e. The van der Waals surface area contributed by atoms with Crippen molar-refractivity contribution in [1.82, 2.24) is 0 Å². The topological polar surface area (TPSA) is 55.8 Å². The molecule has 0 spiro atoms. The fraction of sp³-hybridized carbons (Fsp3) is 0.308. The molecule has 0 aromatic heterocycles. The lowest BCUT2D eigenvalue weighted by Crippen LogP contribution is -1.98. The van der Waals surface area contributed by atoms with Gasteiger partial charge in [0.2, 0.25) is 0 Å². The molecule has 92 valence electrons. The van der Waals surface area contributed by atoms with Gasteiger partial charge in [0.05, 0.1) is 14.2 Å². The van der Waals surface area contributed by atoms with Gasteiger partial charge < -0.3 is 14.6 Å². The van der Waals surface area contributed by atoms with Gasteiger partial charge in [0.15, 0.2) is 0 Å². The molecule has 0 saturated carbocycles. The van der Waals surface area contributed by atoms with Crippen molar-refractivity contribution in [2.75, 3.05) is 14.2 Å². The van der Waals surface area contributed by atoms with E-state index in [9.17, 15) is 4.79 Å². The zero-order valence-electron chi connectivity index (χ0n) is 10.4. The Morgan fingerprint density at radius 2 is 1.94 bits per heavy atom. The lowest BCUT2D eigenvalue weighted by molar-refractivity contribution is -0.131. The molecule has 0 bridgehead atoms. The van der Waals surface area contributed by atoms with E-state index in [2.05, 4.69) is 0 Å². The number of ether oxygens (including phenoxy) is 2. The van der Waals surface area contributed by atoms with Crippen LogP contribution in [0, 0.1) is 6.92 Å². The third-order valence-electron chi connectivity index (χ3n) is 2.55. The van der Waals surface area contributed by atoms with Gasteiger partial charge >= 0.3 is 5.97 Å². The lowest BCUT2D eigenvalue weighted by atomic mass is 10.0. The van der Waals surface area contributed by atoms with E-state index in [0.29, 0.717) is 17.1 Å². The number of carboxylic acids is 1. The highest BCUT2D eigenvalue weighted by atomic mass is 16.5. The first kappa shape index (κ1) is 13.1. The summed E-state index contributed by atoms with van der Waals surface area (Å²) in [5, 5.41) is 8.74. The molecule has 0 aliphatic carbocycles. The molecule has 4 heteroatoms. The molecule has 4 nitrogen and oxygen atoms in total. The Morgan fingerprint density at radius 1 is 1.29 bits per heavy atom. The van der Waals surface area contributed by atoms with E-state index in [1.807, 2.05) is 6.92 Å². The monoisotopic (exact) mass is 236 g/mol. The van der Waals surface area contributed by atoms with Crippen molar-refractivity contribution < 1.29 is 19.4 Å². The van der Waals surface area contributed by atoms with E-state index < -0.39 is 5.97 Å². The minimum Gasteiger partial charge on any atom is -0.496 e. The second-order valence-electron chi connectivity index (χ2n) is 3.64. The van der Waals surface area contributed by atoms with Crippen molar-refractivity contribution in [3.05, 3.63) is 29.3 Å². The van der Waals surface area contributed by atoms with Gasteiger partial charge in [-0.1, -0.05) is 0 Å². The minimum atomic E-state index is -0.974. The molecule has 0 amide bonds.